The maximum Gasteiger partial charge on any atom is 0.354 e. The van der Waals surface area contributed by atoms with Gasteiger partial charge in [0.1, 0.15) is 5.82 Å². The third kappa shape index (κ3) is 6.10. The Balaban J connectivity index is 1.31. The highest BCUT2D eigenvalue weighted by molar-refractivity contribution is 5.86. The Bertz CT molecular complexity index is 1940. The van der Waals surface area contributed by atoms with E-state index in [2.05, 4.69) is 72.8 Å². The second kappa shape index (κ2) is 12.9. The fourth-order valence-electron chi connectivity index (χ4n) is 5.05. The Hall–Kier alpha value is -6.02. The zero-order valence-electron chi connectivity index (χ0n) is 24.2. The van der Waals surface area contributed by atoms with E-state index in [0.29, 0.717) is 23.8 Å². The van der Waals surface area contributed by atoms with E-state index >= 15 is 0 Å². The molecule has 0 bridgehead atoms. The molecule has 0 unspecified atom stereocenters. The summed E-state index contributed by atoms with van der Waals surface area (Å²) < 4.78 is 2.23. The third-order valence-electron chi connectivity index (χ3n) is 7.05. The molecule has 0 aliphatic rings. The number of H-pyrrole nitrogens is 1. The Labute approximate surface area is 253 Å². The first-order valence-electron chi connectivity index (χ1n) is 14.2. The molecule has 0 spiro atoms. The van der Waals surface area contributed by atoms with Gasteiger partial charge < -0.3 is 4.57 Å². The number of nitrogens with one attached hydrogen (secondary N) is 2. The van der Waals surface area contributed by atoms with Crippen LogP contribution in [-0.4, -0.2) is 36.2 Å². The summed E-state index contributed by atoms with van der Waals surface area (Å²) in [6, 6.07) is 29.3. The van der Waals surface area contributed by atoms with Gasteiger partial charge in [-0.25, -0.2) is 15.2 Å². The number of aryl methyl sites for hydroxylation is 2. The van der Waals surface area contributed by atoms with Crippen LogP contribution in [0.4, 0.5) is 5.69 Å². The molecule has 0 saturated heterocycles. The van der Waals surface area contributed by atoms with E-state index in [1.54, 1.807) is 12.1 Å². The van der Waals surface area contributed by atoms with Gasteiger partial charge in [0.15, 0.2) is 11.9 Å². The molecule has 2 aromatic heterocycles. The van der Waals surface area contributed by atoms with Crippen LogP contribution in [0, 0.1) is 18.4 Å². The molecule has 0 amide bonds. The second-order valence-electron chi connectivity index (χ2n) is 10.1. The molecule has 0 aliphatic heterocycles. The number of aromatic amines is 1. The second-order valence-corrected chi connectivity index (χ2v) is 10.1. The molecule has 0 fully saturated rings. The first-order valence-corrected chi connectivity index (χ1v) is 14.2. The van der Waals surface area contributed by atoms with Crippen LogP contribution in [0.5, 0.6) is 5.75 Å². The number of aliphatic imine (C=N–C) groups is 1. The molecule has 0 saturated carbocycles. The molecule has 44 heavy (non-hydrogen) atoms. The van der Waals surface area contributed by atoms with Gasteiger partial charge in [-0.2, -0.15) is 15.5 Å². The lowest BCUT2D eigenvalue weighted by Crippen LogP contribution is -2.22. The predicted octanol–water partition coefficient (Wildman–Crippen LogP) is 6.26. The molecule has 2 N–H and O–H groups in total. The summed E-state index contributed by atoms with van der Waals surface area (Å²) in [5, 5.41) is 26.3. The number of fused-ring (bicyclic) bond motifs is 1. The lowest BCUT2D eigenvalue weighted by atomic mass is 9.98. The zero-order valence-corrected chi connectivity index (χ0v) is 24.2. The molecule has 0 aliphatic carbocycles. The molecule has 11 heteroatoms. The van der Waals surface area contributed by atoms with E-state index < -0.39 is 0 Å². The van der Waals surface area contributed by atoms with Crippen LogP contribution in [0.1, 0.15) is 30.3 Å². The summed E-state index contributed by atoms with van der Waals surface area (Å²) in [6.07, 6.45) is 3.64. The van der Waals surface area contributed by atoms with Gasteiger partial charge in [-0.05, 0) is 65.1 Å². The molecule has 2 heterocycles. The van der Waals surface area contributed by atoms with Gasteiger partial charge >= 0.3 is 6.02 Å². The number of hydrogen-bond acceptors (Lipinski definition) is 8. The number of nitrogens with zero attached hydrogens (tertiary/aromatic N) is 7. The van der Waals surface area contributed by atoms with Crippen LogP contribution < -0.4 is 10.2 Å². The molecular formula is C33H29N9O2. The smallest absolute Gasteiger partial charge is 0.323 e. The number of tetrazole rings is 1. The maximum absolute atomic E-state index is 9.26. The van der Waals surface area contributed by atoms with Gasteiger partial charge in [0, 0.05) is 18.5 Å². The number of rotatable bonds is 9. The van der Waals surface area contributed by atoms with Crippen molar-refractivity contribution in [3.63, 3.8) is 0 Å². The lowest BCUT2D eigenvalue weighted by Gasteiger charge is -2.12. The number of aromatic nitrogens is 6. The summed E-state index contributed by atoms with van der Waals surface area (Å²) in [4.78, 5) is 20.2. The van der Waals surface area contributed by atoms with Crippen molar-refractivity contribution in [1.82, 2.24) is 35.5 Å². The van der Waals surface area contributed by atoms with Crippen molar-refractivity contribution in [2.24, 2.45) is 4.99 Å². The quantitative estimate of drug-likeness (QED) is 0.0508. The van der Waals surface area contributed by atoms with Crippen molar-refractivity contribution in [3.05, 3.63) is 108 Å². The topological polar surface area (TPSA) is 139 Å². The molecule has 4 aromatic carbocycles. The minimum absolute atomic E-state index is 0.0772. The van der Waals surface area contributed by atoms with Gasteiger partial charge in [0.25, 0.3) is 0 Å². The summed E-state index contributed by atoms with van der Waals surface area (Å²) in [5.74, 6) is 2.04. The first kappa shape index (κ1) is 28.1. The summed E-state index contributed by atoms with van der Waals surface area (Å²) in [6.45, 7) is 4.78. The SMILES string of the molecule is CCCc1nc2c(C)cc(N=C(NC#N)OOc3ccccc3)cc2n1Cc1ccc(-c2ccccc2-c2nn[nH]n2)cc1. The number of imidazole rings is 1. The van der Waals surface area contributed by atoms with Gasteiger partial charge in [-0.1, -0.05) is 73.7 Å². The average Bonchev–Trinajstić information content (AvgIpc) is 3.71. The summed E-state index contributed by atoms with van der Waals surface area (Å²) >= 11 is 0. The van der Waals surface area contributed by atoms with Crippen LogP contribution >= 0.6 is 0 Å². The van der Waals surface area contributed by atoms with Crippen molar-refractivity contribution in [2.75, 3.05) is 0 Å². The number of amidine groups is 1. The molecule has 6 aromatic rings. The van der Waals surface area contributed by atoms with Crippen LogP contribution in [0.25, 0.3) is 33.5 Å². The van der Waals surface area contributed by atoms with Crippen LogP contribution in [0.3, 0.4) is 0 Å². The maximum atomic E-state index is 9.26. The number of hydrogen-bond donors (Lipinski definition) is 2. The Morgan fingerprint density at radius 1 is 1.00 bits per heavy atom. The highest BCUT2D eigenvalue weighted by Crippen LogP contribution is 2.31. The normalized spacial score (nSPS) is 11.3. The molecule has 0 atom stereocenters. The summed E-state index contributed by atoms with van der Waals surface area (Å²) in [7, 11) is 0. The number of benzene rings is 4. The summed E-state index contributed by atoms with van der Waals surface area (Å²) in [5.41, 5.74) is 7.54. The molecular weight excluding hydrogens is 554 g/mol. The van der Waals surface area contributed by atoms with E-state index in [1.165, 1.54) is 0 Å². The average molecular weight is 584 g/mol. The zero-order chi connectivity index (χ0) is 30.3. The predicted molar refractivity (Wildman–Crippen MR) is 167 cm³/mol. The van der Waals surface area contributed by atoms with Crippen LogP contribution in [0.15, 0.2) is 96.0 Å². The lowest BCUT2D eigenvalue weighted by molar-refractivity contribution is -0.120. The molecule has 218 valence electrons. The van der Waals surface area contributed by atoms with E-state index in [-0.39, 0.29) is 6.02 Å². The van der Waals surface area contributed by atoms with E-state index in [0.717, 1.165) is 57.5 Å². The number of nitriles is 1. The monoisotopic (exact) mass is 583 g/mol. The largest absolute Gasteiger partial charge is 0.354 e. The highest BCUT2D eigenvalue weighted by Gasteiger charge is 2.16. The van der Waals surface area contributed by atoms with E-state index in [4.69, 9.17) is 14.8 Å². The van der Waals surface area contributed by atoms with Gasteiger partial charge in [-0.15, -0.1) is 10.2 Å². The Morgan fingerprint density at radius 2 is 1.77 bits per heavy atom. The van der Waals surface area contributed by atoms with Crippen LogP contribution in [0.2, 0.25) is 0 Å². The van der Waals surface area contributed by atoms with Gasteiger partial charge in [0.2, 0.25) is 5.82 Å². The fraction of sp³-hybridized carbons (Fsp3) is 0.152. The standard InChI is InChI=1S/C33H29N9O2/c1-3-9-30-37-31-22(2)18-25(36-33(35-21-34)44-43-26-10-5-4-6-11-26)19-29(31)42(30)20-23-14-16-24(17-15-23)27-12-7-8-13-28(27)32-38-40-41-39-32/h4-8,10-19H,3,9,20H2,1-2H3,(H,35,36)(H,38,39,40,41). The van der Waals surface area contributed by atoms with Gasteiger partial charge in [0.05, 0.1) is 16.7 Å². The Morgan fingerprint density at radius 3 is 2.50 bits per heavy atom. The molecule has 0 radical (unpaired) electrons. The van der Waals surface area contributed by atoms with Crippen LogP contribution in [-0.2, 0) is 17.9 Å². The van der Waals surface area contributed by atoms with Crippen molar-refractivity contribution >= 4 is 22.7 Å². The van der Waals surface area contributed by atoms with Gasteiger partial charge in [-0.3, -0.25) is 4.89 Å². The third-order valence-corrected chi connectivity index (χ3v) is 7.05. The van der Waals surface area contributed by atoms with Crippen molar-refractivity contribution in [3.8, 4) is 34.5 Å². The minimum atomic E-state index is -0.0772. The first-order chi connectivity index (χ1) is 21.6. The Kier molecular flexibility index (Phi) is 8.23. The van der Waals surface area contributed by atoms with Crippen molar-refractivity contribution in [1.29, 1.82) is 5.26 Å². The minimum Gasteiger partial charge on any atom is -0.323 e. The van der Waals surface area contributed by atoms with E-state index in [1.807, 2.05) is 61.6 Å². The number of para-hydroxylation sites is 1. The van der Waals surface area contributed by atoms with Crippen molar-refractivity contribution in [2.45, 2.75) is 33.2 Å². The molecule has 11 nitrogen and oxygen atoms in total. The van der Waals surface area contributed by atoms with Crippen molar-refractivity contribution < 1.29 is 9.78 Å². The molecule has 6 rings (SSSR count). The fourth-order valence-corrected chi connectivity index (χ4v) is 5.05. The highest BCUT2D eigenvalue weighted by atomic mass is 17.2. The van der Waals surface area contributed by atoms with E-state index in [9.17, 15) is 5.26 Å².